The Bertz CT molecular complexity index is 704. The average molecular weight is 505 g/mol. The number of hydrogen-bond donors (Lipinski definition) is 6. The molecule has 0 radical (unpaired) electrons. The summed E-state index contributed by atoms with van der Waals surface area (Å²) in [4.78, 5) is 58.2. The molecule has 35 heavy (non-hydrogen) atoms. The summed E-state index contributed by atoms with van der Waals surface area (Å²) in [5.74, 6) is -4.36. The second-order valence-corrected chi connectivity index (χ2v) is 8.42. The fourth-order valence-corrected chi connectivity index (χ4v) is 3.07. The number of rotatable bonds is 19. The fraction of sp³-hybridized carbons (Fsp3) is 0.773. The second kappa shape index (κ2) is 17.6. The number of amides is 4. The molecule has 13 heteroatoms. The summed E-state index contributed by atoms with van der Waals surface area (Å²) >= 11 is 0. The molecule has 0 heterocycles. The zero-order chi connectivity index (χ0) is 26.9. The van der Waals surface area contributed by atoms with Crippen LogP contribution in [0.15, 0.2) is 0 Å². The van der Waals surface area contributed by atoms with E-state index in [0.717, 1.165) is 32.6 Å². The van der Waals surface area contributed by atoms with Crippen LogP contribution in [0.5, 0.6) is 0 Å². The molecule has 0 fully saturated rings. The molecule has 0 saturated carbocycles. The molecule has 13 nitrogen and oxygen atoms in total. The number of carbonyl (C=O) groups excluding carboxylic acids is 4. The van der Waals surface area contributed by atoms with Crippen molar-refractivity contribution in [1.82, 2.24) is 20.8 Å². The van der Waals surface area contributed by atoms with Crippen LogP contribution in [0.1, 0.15) is 78.1 Å². The highest BCUT2D eigenvalue weighted by Crippen LogP contribution is 2.16. The number of unbranched alkanes of at least 4 members (excludes halogenated alkanes) is 4. The Kier molecular flexibility index (Phi) is 16.2. The Balaban J connectivity index is 4.31. The van der Waals surface area contributed by atoms with Crippen LogP contribution in [-0.4, -0.2) is 92.1 Å². The van der Waals surface area contributed by atoms with E-state index in [1.807, 2.05) is 0 Å². The highest BCUT2D eigenvalue weighted by molar-refractivity contribution is 5.91. The van der Waals surface area contributed by atoms with E-state index in [4.69, 9.17) is 0 Å². The number of aliphatic carboxylic acids is 1. The third-order valence-corrected chi connectivity index (χ3v) is 5.19. The molecule has 0 aromatic rings. The van der Waals surface area contributed by atoms with E-state index in [-0.39, 0.29) is 45.4 Å². The van der Waals surface area contributed by atoms with Crippen LogP contribution in [0.2, 0.25) is 0 Å². The number of nitrogens with one attached hydrogen (secondary N) is 2. The summed E-state index contributed by atoms with van der Waals surface area (Å²) in [5.41, 5.74) is -2.63. The third kappa shape index (κ3) is 15.0. The van der Waals surface area contributed by atoms with Gasteiger partial charge in [0.2, 0.25) is 23.6 Å². The van der Waals surface area contributed by atoms with Gasteiger partial charge in [-0.05, 0) is 19.3 Å². The highest BCUT2D eigenvalue weighted by Gasteiger charge is 2.40. The van der Waals surface area contributed by atoms with Gasteiger partial charge in [-0.1, -0.05) is 32.6 Å². The standard InChI is InChI=1S/C22H40N4O9/c1-3-4-5-6-7-10-20(30)26(35)14-9-12-24-19(29)16-22(33,21(31)32)15-18(28)23-11-8-13-25(34)17(2)27/h33-35H,3-16H2,1-2H3,(H,23,28)(H,24,29)(H,31,32)/t22-/m0/s1. The summed E-state index contributed by atoms with van der Waals surface area (Å²) in [7, 11) is 0. The largest absolute Gasteiger partial charge is 0.479 e. The second-order valence-electron chi connectivity index (χ2n) is 8.42. The van der Waals surface area contributed by atoms with Gasteiger partial charge in [0.05, 0.1) is 25.9 Å². The van der Waals surface area contributed by atoms with Gasteiger partial charge < -0.3 is 20.8 Å². The first-order chi connectivity index (χ1) is 16.4. The molecule has 0 bridgehead atoms. The number of hydrogen-bond acceptors (Lipinski definition) is 8. The first kappa shape index (κ1) is 32.2. The van der Waals surface area contributed by atoms with Crippen molar-refractivity contribution in [3.8, 4) is 0 Å². The van der Waals surface area contributed by atoms with E-state index >= 15 is 0 Å². The SMILES string of the molecule is CCCCCCCC(=O)N(O)CCCNC(=O)C[C@@](O)(CC(=O)NCCCN(O)C(C)=O)C(=O)O. The zero-order valence-electron chi connectivity index (χ0n) is 20.6. The minimum absolute atomic E-state index is 0.0141. The first-order valence-corrected chi connectivity index (χ1v) is 11.9. The van der Waals surface area contributed by atoms with Gasteiger partial charge in [0.25, 0.3) is 0 Å². The van der Waals surface area contributed by atoms with Gasteiger partial charge in [-0.3, -0.25) is 29.6 Å². The Hall–Kier alpha value is -2.77. The Morgan fingerprint density at radius 1 is 0.771 bits per heavy atom. The van der Waals surface area contributed by atoms with Crippen molar-refractivity contribution in [1.29, 1.82) is 0 Å². The fourth-order valence-electron chi connectivity index (χ4n) is 3.07. The van der Waals surface area contributed by atoms with Crippen LogP contribution in [0, 0.1) is 0 Å². The van der Waals surface area contributed by atoms with Crippen LogP contribution >= 0.6 is 0 Å². The number of carboxylic acid groups (broad SMARTS) is 1. The van der Waals surface area contributed by atoms with Gasteiger partial charge in [0.1, 0.15) is 0 Å². The van der Waals surface area contributed by atoms with Gasteiger partial charge in [-0.25, -0.2) is 14.9 Å². The summed E-state index contributed by atoms with van der Waals surface area (Å²) in [6, 6.07) is 0. The highest BCUT2D eigenvalue weighted by atomic mass is 16.5. The molecule has 202 valence electrons. The van der Waals surface area contributed by atoms with Crippen LogP contribution in [0.3, 0.4) is 0 Å². The molecule has 0 aromatic heterocycles. The smallest absolute Gasteiger partial charge is 0.336 e. The summed E-state index contributed by atoms with van der Waals surface area (Å²) < 4.78 is 0. The Morgan fingerprint density at radius 3 is 1.71 bits per heavy atom. The van der Waals surface area contributed by atoms with Gasteiger partial charge in [-0.2, -0.15) is 0 Å². The van der Waals surface area contributed by atoms with Crippen LogP contribution in [0.4, 0.5) is 0 Å². The van der Waals surface area contributed by atoms with E-state index < -0.39 is 48.0 Å². The predicted octanol–water partition coefficient (Wildman–Crippen LogP) is 0.411. The van der Waals surface area contributed by atoms with Crippen molar-refractivity contribution in [2.75, 3.05) is 26.2 Å². The van der Waals surface area contributed by atoms with Crippen molar-refractivity contribution in [3.05, 3.63) is 0 Å². The van der Waals surface area contributed by atoms with Crippen molar-refractivity contribution >= 4 is 29.6 Å². The van der Waals surface area contributed by atoms with E-state index in [9.17, 15) is 44.6 Å². The van der Waals surface area contributed by atoms with Gasteiger partial charge in [0, 0.05) is 26.4 Å². The minimum Gasteiger partial charge on any atom is -0.479 e. The van der Waals surface area contributed by atoms with Crippen molar-refractivity contribution in [2.24, 2.45) is 0 Å². The number of nitrogens with zero attached hydrogens (tertiary/aromatic N) is 2. The molecule has 4 amide bonds. The molecule has 0 unspecified atom stereocenters. The zero-order valence-corrected chi connectivity index (χ0v) is 20.6. The van der Waals surface area contributed by atoms with Gasteiger partial charge in [0.15, 0.2) is 5.60 Å². The number of carbonyl (C=O) groups is 5. The maximum atomic E-state index is 12.1. The molecule has 0 aromatic carbocycles. The summed E-state index contributed by atoms with van der Waals surface area (Å²) in [6.45, 7) is 3.22. The van der Waals surface area contributed by atoms with Crippen molar-refractivity contribution < 1.29 is 44.6 Å². The lowest BCUT2D eigenvalue weighted by atomic mass is 9.94. The first-order valence-electron chi connectivity index (χ1n) is 11.9. The molecule has 6 N–H and O–H groups in total. The average Bonchev–Trinajstić information content (AvgIpc) is 2.78. The van der Waals surface area contributed by atoms with Crippen LogP contribution in [-0.2, 0) is 24.0 Å². The molecule has 0 saturated heterocycles. The summed E-state index contributed by atoms with van der Waals surface area (Å²) in [5, 5.41) is 44.4. The monoisotopic (exact) mass is 504 g/mol. The lowest BCUT2D eigenvalue weighted by Gasteiger charge is -2.22. The van der Waals surface area contributed by atoms with E-state index in [0.29, 0.717) is 16.5 Å². The number of hydroxylamine groups is 4. The lowest BCUT2D eigenvalue weighted by Crippen LogP contribution is -2.47. The molecule has 0 aliphatic heterocycles. The third-order valence-electron chi connectivity index (χ3n) is 5.19. The molecular weight excluding hydrogens is 464 g/mol. The minimum atomic E-state index is -2.63. The number of aliphatic hydroxyl groups is 1. The molecular formula is C22H40N4O9. The normalized spacial score (nSPS) is 12.4. The predicted molar refractivity (Wildman–Crippen MR) is 123 cm³/mol. The molecule has 0 rings (SSSR count). The lowest BCUT2D eigenvalue weighted by molar-refractivity contribution is -0.166. The maximum absolute atomic E-state index is 12.1. The number of carboxylic acids is 1. The topological polar surface area (TPSA) is 197 Å². The van der Waals surface area contributed by atoms with Crippen LogP contribution < -0.4 is 10.6 Å². The Morgan fingerprint density at radius 2 is 1.26 bits per heavy atom. The quantitative estimate of drug-likeness (QED) is 0.0819. The maximum Gasteiger partial charge on any atom is 0.336 e. The van der Waals surface area contributed by atoms with Gasteiger partial charge in [-0.15, -0.1) is 0 Å². The van der Waals surface area contributed by atoms with E-state index in [2.05, 4.69) is 17.6 Å². The molecule has 1 atom stereocenters. The van der Waals surface area contributed by atoms with E-state index in [1.54, 1.807) is 0 Å². The molecule has 0 aliphatic rings. The Labute approximate surface area is 205 Å². The van der Waals surface area contributed by atoms with Crippen molar-refractivity contribution in [3.63, 3.8) is 0 Å². The van der Waals surface area contributed by atoms with Crippen LogP contribution in [0.25, 0.3) is 0 Å². The van der Waals surface area contributed by atoms with Gasteiger partial charge >= 0.3 is 5.97 Å². The van der Waals surface area contributed by atoms with E-state index in [1.165, 1.54) is 0 Å². The summed E-state index contributed by atoms with van der Waals surface area (Å²) in [6.07, 6.45) is 3.72. The van der Waals surface area contributed by atoms with Crippen molar-refractivity contribution in [2.45, 2.75) is 83.7 Å². The molecule has 0 spiro atoms. The molecule has 0 aliphatic carbocycles.